The summed E-state index contributed by atoms with van der Waals surface area (Å²) in [6.45, 7) is -0.572. The Balaban J connectivity index is 3.42. The van der Waals surface area contributed by atoms with Gasteiger partial charge in [0, 0.05) is 17.7 Å². The summed E-state index contributed by atoms with van der Waals surface area (Å²) in [6.07, 6.45) is -10.5. The van der Waals surface area contributed by atoms with E-state index in [2.05, 4.69) is 9.72 Å². The molecule has 0 amide bonds. The van der Waals surface area contributed by atoms with Crippen LogP contribution in [0.3, 0.4) is 0 Å². The summed E-state index contributed by atoms with van der Waals surface area (Å²) in [6, 6.07) is 0.559. The molecule has 0 saturated heterocycles. The second-order valence-corrected chi connectivity index (χ2v) is 3.26. The van der Waals surface area contributed by atoms with E-state index in [0.29, 0.717) is 6.07 Å². The summed E-state index contributed by atoms with van der Waals surface area (Å²) in [7, 11) is 0. The Bertz CT molecular complexity index is 483. The topological polar surface area (TPSA) is 65.2 Å². The molecule has 0 fully saturated rings. The number of ether oxygens (including phenoxy) is 1. The minimum Gasteiger partial charge on any atom is -0.388 e. The first kappa shape index (κ1) is 15.2. The fraction of sp³-hybridized carbons (Fsp3) is 0.333. The number of nitrogens with zero attached hydrogens (tertiary/aromatic N) is 1. The van der Waals surface area contributed by atoms with Crippen LogP contribution in [0.2, 0.25) is 0 Å². The van der Waals surface area contributed by atoms with Crippen molar-refractivity contribution in [3.63, 3.8) is 0 Å². The normalized spacial score (nSPS) is 12.4. The molecule has 0 aliphatic carbocycles. The van der Waals surface area contributed by atoms with E-state index in [0.717, 1.165) is 0 Å². The van der Waals surface area contributed by atoms with Gasteiger partial charge < -0.3 is 10.5 Å². The van der Waals surface area contributed by atoms with Crippen LogP contribution in [0, 0.1) is 0 Å². The lowest BCUT2D eigenvalue weighted by Gasteiger charge is -2.15. The van der Waals surface area contributed by atoms with Crippen molar-refractivity contribution in [1.29, 1.82) is 0 Å². The molecular weight excluding hydrogens is 282 g/mol. The van der Waals surface area contributed by atoms with Crippen LogP contribution in [-0.4, -0.2) is 17.6 Å². The predicted octanol–water partition coefficient (Wildman–Crippen LogP) is 2.27. The number of alkyl halides is 6. The monoisotopic (exact) mass is 288 g/mol. The summed E-state index contributed by atoms with van der Waals surface area (Å²) in [4.78, 5) is 13.2. The molecule has 0 aromatic carbocycles. The lowest BCUT2D eigenvalue weighted by molar-refractivity contribution is -0.276. The lowest BCUT2D eigenvalue weighted by Crippen LogP contribution is -2.22. The second kappa shape index (κ2) is 5.03. The van der Waals surface area contributed by atoms with Crippen molar-refractivity contribution in [3.05, 3.63) is 22.9 Å². The van der Waals surface area contributed by atoms with Crippen LogP contribution >= 0.6 is 0 Å². The van der Waals surface area contributed by atoms with Crippen molar-refractivity contribution in [2.24, 2.45) is 5.73 Å². The van der Waals surface area contributed by atoms with Gasteiger partial charge in [-0.05, 0) is 6.07 Å². The van der Waals surface area contributed by atoms with Crippen LogP contribution in [0.25, 0.3) is 0 Å². The van der Waals surface area contributed by atoms with E-state index < -0.39 is 41.8 Å². The minimum atomic E-state index is -5.22. The Morgan fingerprint density at radius 1 is 1.26 bits per heavy atom. The van der Waals surface area contributed by atoms with Gasteiger partial charge in [0.05, 0.1) is 0 Å². The Morgan fingerprint density at radius 3 is 2.21 bits per heavy atom. The summed E-state index contributed by atoms with van der Waals surface area (Å²) < 4.78 is 76.9. The van der Waals surface area contributed by atoms with E-state index >= 15 is 0 Å². The highest BCUT2D eigenvalue weighted by Gasteiger charge is 2.39. The molecule has 1 aromatic rings. The van der Waals surface area contributed by atoms with E-state index in [1.54, 1.807) is 0 Å². The molecule has 0 atom stereocenters. The highest BCUT2D eigenvalue weighted by atomic mass is 19.4. The number of aldehydes is 1. The third-order valence-corrected chi connectivity index (χ3v) is 1.92. The zero-order valence-corrected chi connectivity index (χ0v) is 8.97. The Labute approximate surface area is 102 Å². The van der Waals surface area contributed by atoms with Crippen LogP contribution in [-0.2, 0) is 12.7 Å². The first-order chi connectivity index (χ1) is 8.58. The van der Waals surface area contributed by atoms with Gasteiger partial charge in [-0.25, -0.2) is 4.98 Å². The van der Waals surface area contributed by atoms with Crippen LogP contribution in [0.1, 0.15) is 21.6 Å². The number of hydrogen-bond acceptors (Lipinski definition) is 4. The molecule has 0 bridgehead atoms. The van der Waals surface area contributed by atoms with Gasteiger partial charge in [0.25, 0.3) is 0 Å². The van der Waals surface area contributed by atoms with Gasteiger partial charge in [-0.3, -0.25) is 4.79 Å². The number of carbonyl (C=O) groups is 1. The summed E-state index contributed by atoms with van der Waals surface area (Å²) in [5.74, 6) is -1.33. The van der Waals surface area contributed by atoms with Gasteiger partial charge >= 0.3 is 12.5 Å². The van der Waals surface area contributed by atoms with E-state index in [9.17, 15) is 31.1 Å². The quantitative estimate of drug-likeness (QED) is 0.684. The summed E-state index contributed by atoms with van der Waals surface area (Å²) in [5.41, 5.74) is 1.92. The number of hydrogen-bond donors (Lipinski definition) is 1. The van der Waals surface area contributed by atoms with E-state index in [1.807, 2.05) is 0 Å². The maximum Gasteiger partial charge on any atom is 0.574 e. The van der Waals surface area contributed by atoms with Crippen molar-refractivity contribution >= 4 is 6.29 Å². The molecule has 4 nitrogen and oxygen atoms in total. The van der Waals surface area contributed by atoms with Crippen molar-refractivity contribution in [2.45, 2.75) is 19.1 Å². The van der Waals surface area contributed by atoms with Crippen LogP contribution in [0.15, 0.2) is 6.07 Å². The molecule has 0 saturated carbocycles. The molecule has 0 unspecified atom stereocenters. The molecule has 1 rings (SSSR count). The zero-order chi connectivity index (χ0) is 14.8. The first-order valence-corrected chi connectivity index (χ1v) is 4.60. The van der Waals surface area contributed by atoms with Crippen LogP contribution < -0.4 is 10.5 Å². The van der Waals surface area contributed by atoms with E-state index in [4.69, 9.17) is 5.73 Å². The molecule has 2 N–H and O–H groups in total. The number of aromatic nitrogens is 1. The average molecular weight is 288 g/mol. The molecule has 1 aromatic heterocycles. The maximum atomic E-state index is 12.5. The molecule has 19 heavy (non-hydrogen) atoms. The van der Waals surface area contributed by atoms with Gasteiger partial charge in [-0.1, -0.05) is 0 Å². The van der Waals surface area contributed by atoms with Gasteiger partial charge in [0.1, 0.15) is 0 Å². The smallest absolute Gasteiger partial charge is 0.388 e. The van der Waals surface area contributed by atoms with E-state index in [1.165, 1.54) is 0 Å². The van der Waals surface area contributed by atoms with Crippen molar-refractivity contribution < 1.29 is 35.9 Å². The third-order valence-electron chi connectivity index (χ3n) is 1.92. The Morgan fingerprint density at radius 2 is 1.84 bits per heavy atom. The molecule has 0 spiro atoms. The highest BCUT2D eigenvalue weighted by Crippen LogP contribution is 2.34. The Kier molecular flexibility index (Phi) is 4.03. The second-order valence-electron chi connectivity index (χ2n) is 3.26. The zero-order valence-electron chi connectivity index (χ0n) is 8.97. The van der Waals surface area contributed by atoms with Crippen LogP contribution in [0.4, 0.5) is 26.3 Å². The predicted molar refractivity (Wildman–Crippen MR) is 49.2 cm³/mol. The fourth-order valence-corrected chi connectivity index (χ4v) is 1.22. The standard InChI is InChI=1S/C9H6F6N2O2/c10-8(11,12)6-5(3-18)1-4(2-16)7(17-6)19-9(13,14)15/h1,3H,2,16H2. The summed E-state index contributed by atoms with van der Waals surface area (Å²) in [5, 5.41) is 0. The number of halogens is 6. The molecular formula is C9H6F6N2O2. The number of rotatable bonds is 3. The van der Waals surface area contributed by atoms with Gasteiger partial charge in [-0.15, -0.1) is 13.2 Å². The molecule has 1 heterocycles. The van der Waals surface area contributed by atoms with Gasteiger partial charge in [0.2, 0.25) is 5.88 Å². The number of pyridine rings is 1. The summed E-state index contributed by atoms with van der Waals surface area (Å²) >= 11 is 0. The first-order valence-electron chi connectivity index (χ1n) is 4.60. The molecule has 10 heteroatoms. The van der Waals surface area contributed by atoms with Crippen molar-refractivity contribution in [1.82, 2.24) is 4.98 Å². The number of nitrogens with two attached hydrogens (primary N) is 1. The molecule has 106 valence electrons. The van der Waals surface area contributed by atoms with Crippen LogP contribution in [0.5, 0.6) is 5.88 Å². The third kappa shape index (κ3) is 3.81. The van der Waals surface area contributed by atoms with Gasteiger partial charge in [0.15, 0.2) is 12.0 Å². The number of carbonyl (C=O) groups excluding carboxylic acids is 1. The Hall–Kier alpha value is -1.84. The largest absolute Gasteiger partial charge is 0.574 e. The van der Waals surface area contributed by atoms with Crippen molar-refractivity contribution in [2.75, 3.05) is 0 Å². The molecule has 0 radical (unpaired) electrons. The molecule has 0 aliphatic rings. The maximum absolute atomic E-state index is 12.5. The highest BCUT2D eigenvalue weighted by molar-refractivity contribution is 5.77. The molecule has 0 aliphatic heterocycles. The lowest BCUT2D eigenvalue weighted by atomic mass is 10.1. The SMILES string of the molecule is NCc1cc(C=O)c(C(F)(F)F)nc1OC(F)(F)F. The van der Waals surface area contributed by atoms with E-state index in [-0.39, 0.29) is 6.29 Å². The fourth-order valence-electron chi connectivity index (χ4n) is 1.22. The van der Waals surface area contributed by atoms with Crippen molar-refractivity contribution in [3.8, 4) is 5.88 Å². The van der Waals surface area contributed by atoms with Gasteiger partial charge in [-0.2, -0.15) is 13.2 Å². The minimum absolute atomic E-state index is 0.174. The average Bonchev–Trinajstić information content (AvgIpc) is 2.25.